The van der Waals surface area contributed by atoms with Crippen LogP contribution in [-0.4, -0.2) is 4.57 Å². The molecule has 0 bridgehead atoms. The Balaban J connectivity index is 1.29. The molecule has 8 aromatic carbocycles. The van der Waals surface area contributed by atoms with Crippen molar-refractivity contribution in [3.63, 3.8) is 0 Å². The van der Waals surface area contributed by atoms with Gasteiger partial charge in [-0.05, 0) is 100 Å². The molecule has 0 atom stereocenters. The summed E-state index contributed by atoms with van der Waals surface area (Å²) in [6.45, 7) is 0. The summed E-state index contributed by atoms with van der Waals surface area (Å²) in [4.78, 5) is 2.42. The van der Waals surface area contributed by atoms with Gasteiger partial charge in [0.2, 0.25) is 0 Å². The van der Waals surface area contributed by atoms with Crippen molar-refractivity contribution in [2.24, 2.45) is 0 Å². The summed E-state index contributed by atoms with van der Waals surface area (Å²) in [7, 11) is 0. The van der Waals surface area contributed by atoms with Crippen LogP contribution in [0.4, 0.5) is 17.1 Å². The fraction of sp³-hybridized carbons (Fsp3) is 0. The van der Waals surface area contributed by atoms with Crippen molar-refractivity contribution in [3.05, 3.63) is 206 Å². The highest BCUT2D eigenvalue weighted by molar-refractivity contribution is 6.13. The maximum Gasteiger partial charge on any atom is 0.0641 e. The first-order valence-corrected chi connectivity index (χ1v) is 17.9. The van der Waals surface area contributed by atoms with Crippen LogP contribution in [0.2, 0.25) is 0 Å². The predicted octanol–water partition coefficient (Wildman–Crippen LogP) is 13.7. The third-order valence-corrected chi connectivity index (χ3v) is 10.3. The Bertz CT molecular complexity index is 2650. The van der Waals surface area contributed by atoms with Crippen LogP contribution < -0.4 is 4.90 Å². The summed E-state index contributed by atoms with van der Waals surface area (Å²) >= 11 is 0. The molecule has 2 nitrogen and oxygen atoms in total. The van der Waals surface area contributed by atoms with Gasteiger partial charge in [0.25, 0.3) is 0 Å². The fourth-order valence-corrected chi connectivity index (χ4v) is 7.97. The van der Waals surface area contributed by atoms with Crippen LogP contribution in [0, 0.1) is 0 Å². The Morgan fingerprint density at radius 2 is 0.769 bits per heavy atom. The van der Waals surface area contributed by atoms with Crippen LogP contribution in [0.15, 0.2) is 206 Å². The van der Waals surface area contributed by atoms with E-state index in [0.29, 0.717) is 0 Å². The van der Waals surface area contributed by atoms with Crippen LogP contribution in [-0.2, 0) is 0 Å². The average molecular weight is 663 g/mol. The molecule has 52 heavy (non-hydrogen) atoms. The molecule has 2 heteroatoms. The molecule has 0 aliphatic carbocycles. The van der Waals surface area contributed by atoms with Crippen LogP contribution in [0.25, 0.3) is 72.4 Å². The Kier molecular flexibility index (Phi) is 7.18. The summed E-state index contributed by atoms with van der Waals surface area (Å²) < 4.78 is 2.47. The van der Waals surface area contributed by atoms with Gasteiger partial charge in [-0.1, -0.05) is 140 Å². The zero-order valence-electron chi connectivity index (χ0n) is 28.5. The highest BCUT2D eigenvalue weighted by Crippen LogP contribution is 2.54. The number of fused-ring (bicyclic) bond motifs is 7. The number of benzene rings is 8. The lowest BCUT2D eigenvalue weighted by molar-refractivity contribution is 1.13. The Labute approximate surface area is 304 Å². The first-order chi connectivity index (χ1) is 25.8. The highest BCUT2D eigenvalue weighted by atomic mass is 15.2. The van der Waals surface area contributed by atoms with Gasteiger partial charge in [0.05, 0.1) is 22.6 Å². The number of aromatic nitrogens is 1. The zero-order valence-corrected chi connectivity index (χ0v) is 28.5. The Morgan fingerprint density at radius 1 is 0.308 bits per heavy atom. The number of hydrogen-bond donors (Lipinski definition) is 0. The summed E-state index contributed by atoms with van der Waals surface area (Å²) in [6.07, 6.45) is 0. The molecule has 10 rings (SSSR count). The molecule has 2 heterocycles. The number of para-hydroxylation sites is 4. The molecule has 1 aliphatic heterocycles. The number of anilines is 3. The lowest BCUT2D eigenvalue weighted by Gasteiger charge is -2.27. The minimum Gasteiger partial charge on any atom is -0.309 e. The number of hydrogen-bond acceptors (Lipinski definition) is 1. The van der Waals surface area contributed by atoms with Gasteiger partial charge in [-0.3, -0.25) is 0 Å². The van der Waals surface area contributed by atoms with Crippen molar-refractivity contribution in [1.29, 1.82) is 0 Å². The minimum absolute atomic E-state index is 1.13. The third kappa shape index (κ3) is 4.96. The van der Waals surface area contributed by atoms with E-state index in [1.165, 1.54) is 66.7 Å². The minimum atomic E-state index is 1.13. The van der Waals surface area contributed by atoms with E-state index in [9.17, 15) is 0 Å². The quantitative estimate of drug-likeness (QED) is 0.178. The maximum absolute atomic E-state index is 2.47. The summed E-state index contributed by atoms with van der Waals surface area (Å²) in [5.41, 5.74) is 17.8. The van der Waals surface area contributed by atoms with Gasteiger partial charge in [0, 0.05) is 33.5 Å². The monoisotopic (exact) mass is 662 g/mol. The zero-order chi connectivity index (χ0) is 34.4. The topological polar surface area (TPSA) is 8.17 Å². The Hall–Kier alpha value is -6.90. The lowest BCUT2D eigenvalue weighted by Crippen LogP contribution is -2.11. The highest BCUT2D eigenvalue weighted by Gasteiger charge is 2.31. The Morgan fingerprint density at radius 3 is 1.37 bits per heavy atom. The van der Waals surface area contributed by atoms with E-state index in [-0.39, 0.29) is 0 Å². The number of nitrogens with zero attached hydrogens (tertiary/aromatic N) is 2. The van der Waals surface area contributed by atoms with Crippen molar-refractivity contribution in [2.45, 2.75) is 0 Å². The van der Waals surface area contributed by atoms with E-state index in [4.69, 9.17) is 0 Å². The van der Waals surface area contributed by atoms with Gasteiger partial charge in [0.15, 0.2) is 0 Å². The van der Waals surface area contributed by atoms with Gasteiger partial charge in [-0.2, -0.15) is 0 Å². The van der Waals surface area contributed by atoms with Gasteiger partial charge in [0.1, 0.15) is 0 Å². The molecular formula is C50H34N2. The SMILES string of the molecule is c1ccc(-c2cc(-c3ccccc3)cc(-c3ccc4c(c3)c3c(n4-c4ccccc4)-c4ccccc4N(c4ccccc4)c4ccccc4-3)c2)cc1. The normalized spacial score (nSPS) is 11.8. The second kappa shape index (κ2) is 12.5. The van der Waals surface area contributed by atoms with E-state index in [2.05, 4.69) is 216 Å². The smallest absolute Gasteiger partial charge is 0.0641 e. The molecule has 1 aromatic heterocycles. The number of rotatable bonds is 5. The van der Waals surface area contributed by atoms with Crippen molar-refractivity contribution in [1.82, 2.24) is 4.57 Å². The van der Waals surface area contributed by atoms with E-state index >= 15 is 0 Å². The summed E-state index contributed by atoms with van der Waals surface area (Å²) in [6, 6.07) is 74.8. The predicted molar refractivity (Wildman–Crippen MR) is 219 cm³/mol. The molecule has 1 aliphatic rings. The van der Waals surface area contributed by atoms with E-state index < -0.39 is 0 Å². The second-order valence-electron chi connectivity index (χ2n) is 13.4. The van der Waals surface area contributed by atoms with Gasteiger partial charge in [-0.25, -0.2) is 0 Å². The summed E-state index contributed by atoms with van der Waals surface area (Å²) in [5.74, 6) is 0. The summed E-state index contributed by atoms with van der Waals surface area (Å²) in [5, 5.41) is 1.22. The van der Waals surface area contributed by atoms with E-state index in [1.807, 2.05) is 0 Å². The molecule has 0 saturated heterocycles. The first-order valence-electron chi connectivity index (χ1n) is 17.9. The van der Waals surface area contributed by atoms with Gasteiger partial charge < -0.3 is 9.47 Å². The molecule has 0 radical (unpaired) electrons. The second-order valence-corrected chi connectivity index (χ2v) is 13.4. The molecule has 0 saturated carbocycles. The molecule has 0 unspecified atom stereocenters. The molecule has 0 spiro atoms. The average Bonchev–Trinajstić information content (AvgIpc) is 3.50. The molecular weight excluding hydrogens is 629 g/mol. The lowest BCUT2D eigenvalue weighted by atomic mass is 9.92. The van der Waals surface area contributed by atoms with Gasteiger partial charge in [-0.15, -0.1) is 0 Å². The van der Waals surface area contributed by atoms with Crippen molar-refractivity contribution < 1.29 is 0 Å². The molecule has 0 N–H and O–H groups in total. The standard InChI is InChI=1S/C50H34N2/c1-5-17-35(18-6-1)38-31-39(36-19-7-2-8-20-36)33-40(32-38)37-29-30-48-45(34-37)49-43-25-13-15-27-46(43)51(41-21-9-3-10-22-41)47-28-16-14-26-44(47)50(49)52(48)42-23-11-4-12-24-42/h1-34H. The van der Waals surface area contributed by atoms with Gasteiger partial charge >= 0.3 is 0 Å². The van der Waals surface area contributed by atoms with E-state index in [1.54, 1.807) is 0 Å². The van der Waals surface area contributed by atoms with Crippen molar-refractivity contribution in [3.8, 4) is 61.5 Å². The van der Waals surface area contributed by atoms with Crippen LogP contribution in [0.3, 0.4) is 0 Å². The first kappa shape index (κ1) is 30.0. The van der Waals surface area contributed by atoms with Crippen LogP contribution in [0.1, 0.15) is 0 Å². The van der Waals surface area contributed by atoms with Crippen molar-refractivity contribution >= 4 is 28.0 Å². The van der Waals surface area contributed by atoms with Crippen molar-refractivity contribution in [2.75, 3.05) is 4.90 Å². The molecule has 0 fully saturated rings. The maximum atomic E-state index is 2.47. The third-order valence-electron chi connectivity index (χ3n) is 10.3. The van der Waals surface area contributed by atoms with Crippen LogP contribution in [0.5, 0.6) is 0 Å². The van der Waals surface area contributed by atoms with Crippen LogP contribution >= 0.6 is 0 Å². The molecule has 0 amide bonds. The molecule has 244 valence electrons. The fourth-order valence-electron chi connectivity index (χ4n) is 7.97. The largest absolute Gasteiger partial charge is 0.309 e. The molecule has 9 aromatic rings. The van der Waals surface area contributed by atoms with E-state index in [0.717, 1.165) is 22.7 Å².